The van der Waals surface area contributed by atoms with Crippen molar-refractivity contribution in [3.63, 3.8) is 0 Å². The summed E-state index contributed by atoms with van der Waals surface area (Å²) < 4.78 is 59.3. The van der Waals surface area contributed by atoms with Gasteiger partial charge in [0, 0.05) is 6.42 Å². The molecule has 0 aliphatic heterocycles. The average Bonchev–Trinajstić information content (AvgIpc) is 3.01. The maximum absolute atomic E-state index is 11.6. The first-order valence-electron chi connectivity index (χ1n) is 15.8. The van der Waals surface area contributed by atoms with Gasteiger partial charge in [0.25, 0.3) is 0 Å². The van der Waals surface area contributed by atoms with Crippen molar-refractivity contribution in [2.45, 2.75) is 45.4 Å². The third-order valence-electron chi connectivity index (χ3n) is 5.56. The van der Waals surface area contributed by atoms with Crippen molar-refractivity contribution in [2.75, 3.05) is 139 Å². The lowest BCUT2D eigenvalue weighted by Gasteiger charge is -2.09. The smallest absolute Gasteiger partial charge is 0.305 e. The van der Waals surface area contributed by atoms with E-state index in [4.69, 9.17) is 52.1 Å². The number of ether oxygens (including phenoxy) is 11. The minimum absolute atomic E-state index is 0.146. The molecule has 0 atom stereocenters. The monoisotopic (exact) mass is 624 g/mol. The SMILES string of the molecule is C=CCOCCOCCOCCOCCOCCOCCOCCOCCOCCOCCOC(=O)CCCCCCC. The van der Waals surface area contributed by atoms with Crippen LogP contribution in [0.2, 0.25) is 0 Å². The Labute approximate surface area is 259 Å². The number of hydrogen-bond donors (Lipinski definition) is 0. The second kappa shape index (κ2) is 38.8. The highest BCUT2D eigenvalue weighted by Gasteiger charge is 2.02. The fourth-order valence-corrected chi connectivity index (χ4v) is 3.31. The largest absolute Gasteiger partial charge is 0.463 e. The Balaban J connectivity index is 3.08. The van der Waals surface area contributed by atoms with E-state index in [0.29, 0.717) is 139 Å². The van der Waals surface area contributed by atoms with Crippen LogP contribution in [0.1, 0.15) is 45.4 Å². The van der Waals surface area contributed by atoms with Crippen LogP contribution in [0.4, 0.5) is 0 Å². The van der Waals surface area contributed by atoms with E-state index >= 15 is 0 Å². The summed E-state index contributed by atoms with van der Waals surface area (Å²) in [6, 6.07) is 0. The summed E-state index contributed by atoms with van der Waals surface area (Å²) in [7, 11) is 0. The van der Waals surface area contributed by atoms with E-state index in [1.165, 1.54) is 19.3 Å². The highest BCUT2D eigenvalue weighted by Crippen LogP contribution is 2.05. The molecule has 0 radical (unpaired) electrons. The van der Waals surface area contributed by atoms with E-state index in [2.05, 4.69) is 13.5 Å². The molecule has 0 saturated heterocycles. The zero-order chi connectivity index (χ0) is 31.2. The number of carbonyl (C=O) groups excluding carboxylic acids is 1. The molecule has 0 unspecified atom stereocenters. The Kier molecular flexibility index (Phi) is 37.8. The van der Waals surface area contributed by atoms with E-state index in [0.717, 1.165) is 12.8 Å². The fraction of sp³-hybridized carbons (Fsp3) is 0.903. The quantitative estimate of drug-likeness (QED) is 0.0570. The van der Waals surface area contributed by atoms with Gasteiger partial charge in [-0.25, -0.2) is 0 Å². The van der Waals surface area contributed by atoms with Gasteiger partial charge in [0.1, 0.15) is 6.61 Å². The molecule has 0 amide bonds. The Bertz CT molecular complexity index is 553. The van der Waals surface area contributed by atoms with E-state index < -0.39 is 0 Å². The third kappa shape index (κ3) is 38.8. The van der Waals surface area contributed by atoms with Crippen LogP contribution in [-0.4, -0.2) is 145 Å². The molecule has 12 nitrogen and oxygen atoms in total. The summed E-state index contributed by atoms with van der Waals surface area (Å²) in [6.45, 7) is 16.1. The highest BCUT2D eigenvalue weighted by atomic mass is 16.6. The minimum Gasteiger partial charge on any atom is -0.463 e. The van der Waals surface area contributed by atoms with Crippen molar-refractivity contribution in [2.24, 2.45) is 0 Å². The Hall–Kier alpha value is -1.19. The van der Waals surface area contributed by atoms with Crippen LogP contribution in [-0.2, 0) is 56.9 Å². The Morgan fingerprint density at radius 3 is 1.07 bits per heavy atom. The molecule has 0 heterocycles. The Morgan fingerprint density at radius 2 is 0.744 bits per heavy atom. The predicted octanol–water partition coefficient (Wildman–Crippen LogP) is 3.24. The van der Waals surface area contributed by atoms with Gasteiger partial charge >= 0.3 is 5.97 Å². The van der Waals surface area contributed by atoms with Gasteiger partial charge in [0.05, 0.1) is 132 Å². The van der Waals surface area contributed by atoms with Gasteiger partial charge in [0.15, 0.2) is 0 Å². The van der Waals surface area contributed by atoms with Crippen molar-refractivity contribution in [3.8, 4) is 0 Å². The number of hydrogen-bond acceptors (Lipinski definition) is 12. The Morgan fingerprint density at radius 1 is 0.442 bits per heavy atom. The molecule has 0 rings (SSSR count). The summed E-state index contributed by atoms with van der Waals surface area (Å²) in [4.78, 5) is 11.6. The standard InChI is InChI=1S/C31H60O12/c1-3-5-6-7-8-9-31(32)43-30-29-42-28-27-41-26-25-40-24-23-39-22-21-38-20-19-37-18-17-36-16-15-35-14-13-34-12-11-33-10-4-2/h4H,2-3,5-30H2,1H3. The van der Waals surface area contributed by atoms with Crippen LogP contribution < -0.4 is 0 Å². The first kappa shape index (κ1) is 41.8. The van der Waals surface area contributed by atoms with Crippen LogP contribution in [0.15, 0.2) is 12.7 Å². The van der Waals surface area contributed by atoms with Gasteiger partial charge in [-0.05, 0) is 6.42 Å². The topological polar surface area (TPSA) is 119 Å². The second-order valence-electron chi connectivity index (χ2n) is 9.26. The molecule has 256 valence electrons. The molecule has 0 bridgehead atoms. The number of unbranched alkanes of at least 4 members (excludes halogenated alkanes) is 4. The molecular formula is C31H60O12. The zero-order valence-corrected chi connectivity index (χ0v) is 26.8. The zero-order valence-electron chi connectivity index (χ0n) is 26.8. The predicted molar refractivity (Wildman–Crippen MR) is 163 cm³/mol. The molecule has 0 aliphatic rings. The molecule has 0 spiro atoms. The van der Waals surface area contributed by atoms with Gasteiger partial charge in [0.2, 0.25) is 0 Å². The van der Waals surface area contributed by atoms with E-state index in [1.54, 1.807) is 6.08 Å². The molecule has 43 heavy (non-hydrogen) atoms. The number of esters is 1. The fourth-order valence-electron chi connectivity index (χ4n) is 3.31. The molecule has 0 aromatic rings. The summed E-state index contributed by atoms with van der Waals surface area (Å²) in [5.74, 6) is -0.146. The van der Waals surface area contributed by atoms with Gasteiger partial charge < -0.3 is 52.1 Å². The normalized spacial score (nSPS) is 11.3. The maximum atomic E-state index is 11.6. The number of rotatable bonds is 38. The first-order chi connectivity index (χ1) is 21.3. The lowest BCUT2D eigenvalue weighted by molar-refractivity contribution is -0.145. The molecule has 0 fully saturated rings. The minimum atomic E-state index is -0.146. The lowest BCUT2D eigenvalue weighted by Crippen LogP contribution is -2.15. The highest BCUT2D eigenvalue weighted by molar-refractivity contribution is 5.69. The van der Waals surface area contributed by atoms with Gasteiger partial charge in [-0.2, -0.15) is 0 Å². The summed E-state index contributed by atoms with van der Waals surface area (Å²) in [5.41, 5.74) is 0. The van der Waals surface area contributed by atoms with Crippen molar-refractivity contribution in [3.05, 3.63) is 12.7 Å². The van der Waals surface area contributed by atoms with Gasteiger partial charge in [-0.1, -0.05) is 38.7 Å². The van der Waals surface area contributed by atoms with Crippen LogP contribution >= 0.6 is 0 Å². The van der Waals surface area contributed by atoms with Crippen molar-refractivity contribution >= 4 is 5.97 Å². The van der Waals surface area contributed by atoms with E-state index in [1.807, 2.05) is 0 Å². The van der Waals surface area contributed by atoms with Gasteiger partial charge in [-0.15, -0.1) is 6.58 Å². The molecule has 0 aliphatic carbocycles. The molecule has 0 N–H and O–H groups in total. The van der Waals surface area contributed by atoms with E-state index in [-0.39, 0.29) is 12.6 Å². The van der Waals surface area contributed by atoms with Crippen LogP contribution in [0.3, 0.4) is 0 Å². The lowest BCUT2D eigenvalue weighted by atomic mass is 10.1. The molecule has 12 heteroatoms. The average molecular weight is 625 g/mol. The maximum Gasteiger partial charge on any atom is 0.305 e. The second-order valence-corrected chi connectivity index (χ2v) is 9.26. The molecule has 0 aromatic carbocycles. The van der Waals surface area contributed by atoms with Crippen LogP contribution in [0.25, 0.3) is 0 Å². The van der Waals surface area contributed by atoms with E-state index in [9.17, 15) is 4.79 Å². The molecule has 0 aromatic heterocycles. The van der Waals surface area contributed by atoms with Gasteiger partial charge in [-0.3, -0.25) is 4.79 Å². The summed E-state index contributed by atoms with van der Waals surface area (Å²) >= 11 is 0. The summed E-state index contributed by atoms with van der Waals surface area (Å²) in [6.07, 6.45) is 7.79. The van der Waals surface area contributed by atoms with Crippen LogP contribution in [0, 0.1) is 0 Å². The van der Waals surface area contributed by atoms with Crippen molar-refractivity contribution in [1.29, 1.82) is 0 Å². The van der Waals surface area contributed by atoms with Crippen molar-refractivity contribution < 1.29 is 56.9 Å². The molecule has 0 saturated carbocycles. The third-order valence-corrected chi connectivity index (χ3v) is 5.56. The number of carbonyl (C=O) groups is 1. The first-order valence-corrected chi connectivity index (χ1v) is 15.8. The van der Waals surface area contributed by atoms with Crippen molar-refractivity contribution in [1.82, 2.24) is 0 Å². The van der Waals surface area contributed by atoms with Crippen LogP contribution in [0.5, 0.6) is 0 Å². The summed E-state index contributed by atoms with van der Waals surface area (Å²) in [5, 5.41) is 0. The molecular weight excluding hydrogens is 564 g/mol.